The summed E-state index contributed by atoms with van der Waals surface area (Å²) in [5.41, 5.74) is 2.12. The maximum absolute atomic E-state index is 11.7. The molecule has 0 spiro atoms. The molecule has 1 aromatic carbocycles. The summed E-state index contributed by atoms with van der Waals surface area (Å²) in [7, 11) is 0. The minimum atomic E-state index is -0.755. The predicted molar refractivity (Wildman–Crippen MR) is 84.6 cm³/mol. The van der Waals surface area contributed by atoms with Crippen molar-refractivity contribution in [2.45, 2.75) is 32.4 Å². The zero-order valence-electron chi connectivity index (χ0n) is 12.1. The molecule has 1 unspecified atom stereocenters. The van der Waals surface area contributed by atoms with Crippen LogP contribution in [-0.4, -0.2) is 22.5 Å². The number of rotatable bonds is 4. The van der Waals surface area contributed by atoms with Gasteiger partial charge in [-0.1, -0.05) is 31.2 Å². The third-order valence-electron chi connectivity index (χ3n) is 4.04. The molecule has 1 atom stereocenters. The summed E-state index contributed by atoms with van der Waals surface area (Å²) in [6, 6.07) is 11.7. The Labute approximate surface area is 128 Å². The lowest BCUT2D eigenvalue weighted by molar-refractivity contribution is -0.144. The summed E-state index contributed by atoms with van der Waals surface area (Å²) >= 11 is 1.79. The molecule has 0 bridgehead atoms. The van der Waals surface area contributed by atoms with Gasteiger partial charge in [0.15, 0.2) is 0 Å². The van der Waals surface area contributed by atoms with Gasteiger partial charge in [-0.15, -0.1) is 11.3 Å². The number of fused-ring (bicyclic) bond motifs is 1. The normalized spacial score (nSPS) is 18.4. The van der Waals surface area contributed by atoms with Crippen LogP contribution in [0.15, 0.2) is 36.4 Å². The molecule has 0 saturated heterocycles. The maximum Gasteiger partial charge on any atom is 0.325 e. The first-order chi connectivity index (χ1) is 10.2. The van der Waals surface area contributed by atoms with Crippen LogP contribution in [0.3, 0.4) is 0 Å². The zero-order valence-corrected chi connectivity index (χ0v) is 12.9. The highest BCUT2D eigenvalue weighted by molar-refractivity contribution is 7.11. The molecule has 0 aliphatic carbocycles. The van der Waals surface area contributed by atoms with Gasteiger partial charge in [0.2, 0.25) is 0 Å². The molecule has 1 N–H and O–H groups in total. The summed E-state index contributed by atoms with van der Waals surface area (Å²) in [6.07, 6.45) is 1.96. The van der Waals surface area contributed by atoms with Crippen LogP contribution in [0, 0.1) is 0 Å². The summed E-state index contributed by atoms with van der Waals surface area (Å²) in [4.78, 5) is 16.4. The Hall–Kier alpha value is -1.65. The monoisotopic (exact) mass is 301 g/mol. The molecule has 110 valence electrons. The van der Waals surface area contributed by atoms with Crippen LogP contribution in [0.2, 0.25) is 0 Å². The van der Waals surface area contributed by atoms with Crippen molar-refractivity contribution >= 4 is 17.3 Å². The predicted octanol–water partition coefficient (Wildman–Crippen LogP) is 3.49. The van der Waals surface area contributed by atoms with E-state index < -0.39 is 12.0 Å². The van der Waals surface area contributed by atoms with Crippen molar-refractivity contribution in [2.75, 3.05) is 6.54 Å². The number of benzene rings is 1. The molecule has 21 heavy (non-hydrogen) atoms. The van der Waals surface area contributed by atoms with Crippen molar-refractivity contribution in [3.63, 3.8) is 0 Å². The largest absolute Gasteiger partial charge is 0.480 e. The van der Waals surface area contributed by atoms with E-state index in [0.29, 0.717) is 0 Å². The SMILES string of the molecule is CCc1ccc(CN2CCc3ccccc3C2C(=O)O)s1. The molecule has 1 aliphatic heterocycles. The van der Waals surface area contributed by atoms with E-state index in [1.54, 1.807) is 11.3 Å². The number of carboxylic acids is 1. The van der Waals surface area contributed by atoms with Gasteiger partial charge in [-0.3, -0.25) is 9.69 Å². The van der Waals surface area contributed by atoms with Crippen molar-refractivity contribution in [3.8, 4) is 0 Å². The summed E-state index contributed by atoms with van der Waals surface area (Å²) < 4.78 is 0. The second kappa shape index (κ2) is 6.00. The van der Waals surface area contributed by atoms with Crippen LogP contribution in [0.25, 0.3) is 0 Å². The van der Waals surface area contributed by atoms with E-state index in [1.165, 1.54) is 15.3 Å². The van der Waals surface area contributed by atoms with Crippen LogP contribution in [0.5, 0.6) is 0 Å². The third-order valence-corrected chi connectivity index (χ3v) is 5.26. The Morgan fingerprint density at radius 2 is 2.05 bits per heavy atom. The molecule has 4 heteroatoms. The van der Waals surface area contributed by atoms with Gasteiger partial charge < -0.3 is 5.11 Å². The number of carbonyl (C=O) groups is 1. The fraction of sp³-hybridized carbons (Fsp3) is 0.353. The Morgan fingerprint density at radius 1 is 1.29 bits per heavy atom. The van der Waals surface area contributed by atoms with E-state index in [9.17, 15) is 9.90 Å². The topological polar surface area (TPSA) is 40.5 Å². The van der Waals surface area contributed by atoms with Crippen molar-refractivity contribution < 1.29 is 9.90 Å². The third kappa shape index (κ3) is 2.87. The molecule has 1 aromatic heterocycles. The van der Waals surface area contributed by atoms with E-state index in [-0.39, 0.29) is 0 Å². The summed E-state index contributed by atoms with van der Waals surface area (Å²) in [5.74, 6) is -0.755. The van der Waals surface area contributed by atoms with Crippen molar-refractivity contribution in [1.82, 2.24) is 4.90 Å². The zero-order chi connectivity index (χ0) is 14.8. The highest BCUT2D eigenvalue weighted by atomic mass is 32.1. The van der Waals surface area contributed by atoms with E-state index in [2.05, 4.69) is 24.0 Å². The minimum Gasteiger partial charge on any atom is -0.480 e. The smallest absolute Gasteiger partial charge is 0.325 e. The number of aryl methyl sites for hydroxylation is 1. The number of hydrogen-bond acceptors (Lipinski definition) is 3. The van der Waals surface area contributed by atoms with E-state index in [0.717, 1.165) is 31.5 Å². The lowest BCUT2D eigenvalue weighted by Gasteiger charge is -2.34. The molecule has 0 fully saturated rings. The van der Waals surface area contributed by atoms with Crippen molar-refractivity contribution in [3.05, 3.63) is 57.3 Å². The first-order valence-corrected chi connectivity index (χ1v) is 8.13. The Balaban J connectivity index is 1.87. The molecular formula is C17H19NO2S. The molecule has 2 heterocycles. The van der Waals surface area contributed by atoms with Gasteiger partial charge in [-0.05, 0) is 36.1 Å². The maximum atomic E-state index is 11.7. The quantitative estimate of drug-likeness (QED) is 0.939. The fourth-order valence-electron chi connectivity index (χ4n) is 2.98. The first-order valence-electron chi connectivity index (χ1n) is 7.31. The summed E-state index contributed by atoms with van der Waals surface area (Å²) in [6.45, 7) is 3.66. The van der Waals surface area contributed by atoms with Gasteiger partial charge >= 0.3 is 5.97 Å². The van der Waals surface area contributed by atoms with Gasteiger partial charge in [0.1, 0.15) is 6.04 Å². The number of hydrogen-bond donors (Lipinski definition) is 1. The fourth-order valence-corrected chi connectivity index (χ4v) is 3.96. The number of aliphatic carboxylic acids is 1. The molecule has 0 saturated carbocycles. The lowest BCUT2D eigenvalue weighted by Crippen LogP contribution is -2.39. The second-order valence-corrected chi connectivity index (χ2v) is 6.63. The highest BCUT2D eigenvalue weighted by Crippen LogP contribution is 2.32. The van der Waals surface area contributed by atoms with Crippen LogP contribution in [-0.2, 0) is 24.2 Å². The first kappa shape index (κ1) is 14.3. The van der Waals surface area contributed by atoms with Crippen LogP contribution in [0.4, 0.5) is 0 Å². The van der Waals surface area contributed by atoms with E-state index in [1.807, 2.05) is 24.3 Å². The minimum absolute atomic E-state index is 0.526. The van der Waals surface area contributed by atoms with E-state index in [4.69, 9.17) is 0 Å². The second-order valence-electron chi connectivity index (χ2n) is 5.38. The number of thiophene rings is 1. The van der Waals surface area contributed by atoms with Crippen LogP contribution < -0.4 is 0 Å². The van der Waals surface area contributed by atoms with Gasteiger partial charge in [0.25, 0.3) is 0 Å². The van der Waals surface area contributed by atoms with Crippen LogP contribution >= 0.6 is 11.3 Å². The Kier molecular flexibility index (Phi) is 4.08. The Bertz CT molecular complexity index is 650. The Morgan fingerprint density at radius 3 is 2.76 bits per heavy atom. The van der Waals surface area contributed by atoms with Crippen molar-refractivity contribution in [1.29, 1.82) is 0 Å². The lowest BCUT2D eigenvalue weighted by atomic mass is 9.92. The molecule has 3 rings (SSSR count). The average molecular weight is 301 g/mol. The molecule has 3 nitrogen and oxygen atoms in total. The van der Waals surface area contributed by atoms with Gasteiger partial charge in [0.05, 0.1) is 0 Å². The van der Waals surface area contributed by atoms with Gasteiger partial charge in [-0.25, -0.2) is 0 Å². The van der Waals surface area contributed by atoms with Gasteiger partial charge in [0, 0.05) is 22.8 Å². The summed E-state index contributed by atoms with van der Waals surface area (Å²) in [5, 5.41) is 9.65. The number of carboxylic acid groups (broad SMARTS) is 1. The number of nitrogens with zero attached hydrogens (tertiary/aromatic N) is 1. The van der Waals surface area contributed by atoms with E-state index >= 15 is 0 Å². The molecule has 0 radical (unpaired) electrons. The molecule has 1 aliphatic rings. The molecule has 0 amide bonds. The molecular weight excluding hydrogens is 282 g/mol. The van der Waals surface area contributed by atoms with Crippen molar-refractivity contribution in [2.24, 2.45) is 0 Å². The van der Waals surface area contributed by atoms with Crippen LogP contribution in [0.1, 0.15) is 33.8 Å². The van der Waals surface area contributed by atoms with Gasteiger partial charge in [-0.2, -0.15) is 0 Å². The standard InChI is InChI=1S/C17H19NO2S/c1-2-13-7-8-14(21-13)11-18-10-9-12-5-3-4-6-15(12)16(18)17(19)20/h3-8,16H,2,9-11H2,1H3,(H,19,20). The average Bonchev–Trinajstić information content (AvgIpc) is 2.94. The highest BCUT2D eigenvalue weighted by Gasteiger charge is 2.32. The molecule has 2 aromatic rings.